The number of hydrazine groups is 1. The molecule has 0 fully saturated rings. The molecule has 0 saturated carbocycles. The van der Waals surface area contributed by atoms with Gasteiger partial charge in [-0.15, -0.1) is 0 Å². The summed E-state index contributed by atoms with van der Waals surface area (Å²) in [4.78, 5) is 8.72. The number of aromatic nitrogens is 3. The molecule has 0 aromatic carbocycles. The minimum atomic E-state index is 0.252. The predicted molar refractivity (Wildman–Crippen MR) is 77.9 cm³/mol. The Kier molecular flexibility index (Phi) is 3.61. The standard InChI is InChI=1S/C13H22N6/c1-9(13(2,3)4)7-16-11-12-15-5-6-19(12)8-10(17-11)18-14/h5-6,8-9,18H,7,14H2,1-4H3,(H,16,17). The zero-order valence-electron chi connectivity index (χ0n) is 11.9. The Balaban J connectivity index is 2.22. The van der Waals surface area contributed by atoms with E-state index in [0.717, 1.165) is 18.0 Å². The van der Waals surface area contributed by atoms with E-state index in [1.54, 1.807) is 12.4 Å². The highest BCUT2D eigenvalue weighted by Crippen LogP contribution is 2.26. The summed E-state index contributed by atoms with van der Waals surface area (Å²) in [6.07, 6.45) is 5.42. The molecule has 4 N–H and O–H groups in total. The summed E-state index contributed by atoms with van der Waals surface area (Å²) in [6, 6.07) is 0. The second kappa shape index (κ2) is 5.05. The van der Waals surface area contributed by atoms with Crippen molar-refractivity contribution >= 4 is 17.3 Å². The maximum atomic E-state index is 5.43. The van der Waals surface area contributed by atoms with Gasteiger partial charge in [0, 0.05) is 18.9 Å². The minimum absolute atomic E-state index is 0.252. The van der Waals surface area contributed by atoms with Gasteiger partial charge < -0.3 is 15.1 Å². The fourth-order valence-corrected chi connectivity index (χ4v) is 1.68. The molecule has 0 aliphatic carbocycles. The van der Waals surface area contributed by atoms with E-state index in [1.807, 2.05) is 10.6 Å². The number of nitrogens with zero attached hydrogens (tertiary/aromatic N) is 3. The van der Waals surface area contributed by atoms with E-state index in [4.69, 9.17) is 5.84 Å². The Bertz CT molecular complexity index is 554. The highest BCUT2D eigenvalue weighted by molar-refractivity contribution is 5.65. The van der Waals surface area contributed by atoms with Crippen LogP contribution in [0.25, 0.3) is 5.65 Å². The summed E-state index contributed by atoms with van der Waals surface area (Å²) in [5.74, 6) is 7.30. The molecule has 6 nitrogen and oxygen atoms in total. The van der Waals surface area contributed by atoms with Crippen LogP contribution in [-0.4, -0.2) is 20.9 Å². The average Bonchev–Trinajstić information content (AvgIpc) is 2.82. The molecular formula is C13H22N6. The molecule has 6 heteroatoms. The summed E-state index contributed by atoms with van der Waals surface area (Å²) in [5.41, 5.74) is 3.63. The Morgan fingerprint density at radius 3 is 2.79 bits per heavy atom. The second-order valence-electron chi connectivity index (χ2n) is 5.93. The molecule has 2 aromatic heterocycles. The van der Waals surface area contributed by atoms with E-state index in [2.05, 4.69) is 48.4 Å². The smallest absolute Gasteiger partial charge is 0.180 e. The first-order chi connectivity index (χ1) is 8.91. The lowest BCUT2D eigenvalue weighted by Crippen LogP contribution is -2.25. The van der Waals surface area contributed by atoms with E-state index >= 15 is 0 Å². The van der Waals surface area contributed by atoms with Crippen LogP contribution in [0.2, 0.25) is 0 Å². The van der Waals surface area contributed by atoms with Gasteiger partial charge in [-0.1, -0.05) is 27.7 Å². The van der Waals surface area contributed by atoms with Crippen LogP contribution in [0.1, 0.15) is 27.7 Å². The number of rotatable bonds is 4. The molecule has 19 heavy (non-hydrogen) atoms. The van der Waals surface area contributed by atoms with Crippen LogP contribution in [0.5, 0.6) is 0 Å². The Morgan fingerprint density at radius 1 is 1.42 bits per heavy atom. The van der Waals surface area contributed by atoms with Gasteiger partial charge in [-0.2, -0.15) is 0 Å². The first-order valence-corrected chi connectivity index (χ1v) is 6.46. The third-order valence-corrected chi connectivity index (χ3v) is 3.58. The van der Waals surface area contributed by atoms with Gasteiger partial charge in [-0.25, -0.2) is 15.8 Å². The van der Waals surface area contributed by atoms with Crippen molar-refractivity contribution in [2.45, 2.75) is 27.7 Å². The van der Waals surface area contributed by atoms with Crippen molar-refractivity contribution in [3.05, 3.63) is 18.6 Å². The van der Waals surface area contributed by atoms with Crippen molar-refractivity contribution in [2.24, 2.45) is 17.2 Å². The molecular weight excluding hydrogens is 240 g/mol. The number of hydrogen-bond donors (Lipinski definition) is 3. The van der Waals surface area contributed by atoms with E-state index in [1.165, 1.54) is 0 Å². The van der Waals surface area contributed by atoms with Gasteiger partial charge in [-0.05, 0) is 11.3 Å². The summed E-state index contributed by atoms with van der Waals surface area (Å²) in [7, 11) is 0. The van der Waals surface area contributed by atoms with Crippen LogP contribution in [0.3, 0.4) is 0 Å². The Morgan fingerprint density at radius 2 is 2.16 bits per heavy atom. The molecule has 0 bridgehead atoms. The first-order valence-electron chi connectivity index (χ1n) is 6.46. The molecule has 0 radical (unpaired) electrons. The zero-order valence-corrected chi connectivity index (χ0v) is 11.9. The molecule has 0 aliphatic rings. The van der Waals surface area contributed by atoms with Crippen LogP contribution < -0.4 is 16.6 Å². The van der Waals surface area contributed by atoms with Crippen molar-refractivity contribution in [1.29, 1.82) is 0 Å². The van der Waals surface area contributed by atoms with E-state index in [9.17, 15) is 0 Å². The maximum absolute atomic E-state index is 5.43. The number of nitrogens with one attached hydrogen (secondary N) is 2. The zero-order chi connectivity index (χ0) is 14.0. The Hall–Kier alpha value is -1.82. The molecule has 104 valence electrons. The lowest BCUT2D eigenvalue weighted by Gasteiger charge is -2.27. The van der Waals surface area contributed by atoms with Crippen LogP contribution in [-0.2, 0) is 0 Å². The van der Waals surface area contributed by atoms with Gasteiger partial charge in [0.15, 0.2) is 17.3 Å². The van der Waals surface area contributed by atoms with Gasteiger partial charge in [0.05, 0.1) is 6.20 Å². The molecule has 1 unspecified atom stereocenters. The first kappa shape index (κ1) is 13.6. The molecule has 0 amide bonds. The molecule has 2 heterocycles. The summed E-state index contributed by atoms with van der Waals surface area (Å²) >= 11 is 0. The normalized spacial score (nSPS) is 13.5. The van der Waals surface area contributed by atoms with Gasteiger partial charge >= 0.3 is 0 Å². The lowest BCUT2D eigenvalue weighted by atomic mass is 9.82. The molecule has 2 rings (SSSR count). The predicted octanol–water partition coefficient (Wildman–Crippen LogP) is 2.11. The van der Waals surface area contributed by atoms with Crippen molar-refractivity contribution in [2.75, 3.05) is 17.3 Å². The van der Waals surface area contributed by atoms with E-state index in [-0.39, 0.29) is 5.41 Å². The SMILES string of the molecule is CC(CNc1nc(NN)cn2ccnc12)C(C)(C)C. The number of fused-ring (bicyclic) bond motifs is 1. The topological polar surface area (TPSA) is 80.3 Å². The molecule has 0 aliphatic heterocycles. The summed E-state index contributed by atoms with van der Waals surface area (Å²) in [5, 5.41) is 3.36. The average molecular weight is 262 g/mol. The Labute approximate surface area is 113 Å². The summed E-state index contributed by atoms with van der Waals surface area (Å²) in [6.45, 7) is 9.76. The van der Waals surface area contributed by atoms with Crippen molar-refractivity contribution in [3.63, 3.8) is 0 Å². The van der Waals surface area contributed by atoms with Gasteiger partial charge in [0.1, 0.15) is 0 Å². The largest absolute Gasteiger partial charge is 0.367 e. The number of anilines is 2. The van der Waals surface area contributed by atoms with Crippen LogP contribution >= 0.6 is 0 Å². The number of nitrogen functional groups attached to an aromatic ring is 1. The van der Waals surface area contributed by atoms with Crippen LogP contribution in [0.15, 0.2) is 18.6 Å². The number of nitrogens with two attached hydrogens (primary N) is 1. The van der Waals surface area contributed by atoms with Gasteiger partial charge in [0.2, 0.25) is 0 Å². The third kappa shape index (κ3) is 2.96. The second-order valence-corrected chi connectivity index (χ2v) is 5.93. The fourth-order valence-electron chi connectivity index (χ4n) is 1.68. The molecule has 0 saturated heterocycles. The fraction of sp³-hybridized carbons (Fsp3) is 0.538. The van der Waals surface area contributed by atoms with E-state index < -0.39 is 0 Å². The monoisotopic (exact) mass is 262 g/mol. The highest BCUT2D eigenvalue weighted by Gasteiger charge is 2.20. The van der Waals surface area contributed by atoms with Crippen molar-refractivity contribution in [1.82, 2.24) is 14.4 Å². The van der Waals surface area contributed by atoms with Gasteiger partial charge in [-0.3, -0.25) is 0 Å². The lowest BCUT2D eigenvalue weighted by molar-refractivity contribution is 0.274. The minimum Gasteiger partial charge on any atom is -0.367 e. The maximum Gasteiger partial charge on any atom is 0.180 e. The quantitative estimate of drug-likeness (QED) is 0.581. The van der Waals surface area contributed by atoms with Crippen LogP contribution in [0, 0.1) is 11.3 Å². The number of hydrogen-bond acceptors (Lipinski definition) is 5. The van der Waals surface area contributed by atoms with Crippen molar-refractivity contribution in [3.8, 4) is 0 Å². The van der Waals surface area contributed by atoms with Crippen molar-refractivity contribution < 1.29 is 0 Å². The summed E-state index contributed by atoms with van der Waals surface area (Å²) < 4.78 is 1.90. The number of imidazole rings is 1. The van der Waals surface area contributed by atoms with Crippen LogP contribution in [0.4, 0.5) is 11.6 Å². The van der Waals surface area contributed by atoms with Gasteiger partial charge in [0.25, 0.3) is 0 Å². The molecule has 1 atom stereocenters. The molecule has 0 spiro atoms. The molecule has 2 aromatic rings. The van der Waals surface area contributed by atoms with E-state index in [0.29, 0.717) is 11.7 Å². The highest BCUT2D eigenvalue weighted by atomic mass is 15.3. The third-order valence-electron chi connectivity index (χ3n) is 3.58.